The number of hydrogen-bond acceptors (Lipinski definition) is 7. The van der Waals surface area contributed by atoms with Gasteiger partial charge in [0.15, 0.2) is 16.7 Å². The Bertz CT molecular complexity index is 1510. The summed E-state index contributed by atoms with van der Waals surface area (Å²) in [6.07, 6.45) is 4.25. The summed E-state index contributed by atoms with van der Waals surface area (Å²) >= 11 is 1.30. The molecular formula is C34H36N2O5S. The van der Waals surface area contributed by atoms with E-state index in [1.165, 1.54) is 17.3 Å². The Kier molecular flexibility index (Phi) is 10.6. The molecular weight excluding hydrogens is 548 g/mol. The minimum Gasteiger partial charge on any atom is -0.490 e. The summed E-state index contributed by atoms with van der Waals surface area (Å²) in [5, 5.41) is 0.546. The molecule has 0 N–H and O–H groups in total. The highest BCUT2D eigenvalue weighted by molar-refractivity contribution is 8.18. The topological polar surface area (TPSA) is 77.4 Å². The van der Waals surface area contributed by atoms with Gasteiger partial charge in [0.2, 0.25) is 0 Å². The maximum absolute atomic E-state index is 13.4. The number of ether oxygens (including phenoxy) is 3. The first kappa shape index (κ1) is 30.7. The molecule has 0 bridgehead atoms. The van der Waals surface area contributed by atoms with Gasteiger partial charge in [0.1, 0.15) is 6.61 Å². The predicted molar refractivity (Wildman–Crippen MR) is 169 cm³/mol. The fourth-order valence-corrected chi connectivity index (χ4v) is 5.45. The van der Waals surface area contributed by atoms with E-state index in [2.05, 4.69) is 37.8 Å². The number of benzene rings is 3. The van der Waals surface area contributed by atoms with E-state index >= 15 is 0 Å². The number of nitrogens with zero attached hydrogens (tertiary/aromatic N) is 2. The molecule has 0 aliphatic carbocycles. The molecule has 4 rings (SSSR count). The fourth-order valence-electron chi connectivity index (χ4n) is 4.39. The van der Waals surface area contributed by atoms with Crippen LogP contribution in [0.4, 0.5) is 5.69 Å². The number of hydrogen-bond donors (Lipinski definition) is 0. The molecule has 1 aliphatic heterocycles. The Morgan fingerprint density at radius 2 is 1.81 bits per heavy atom. The molecule has 0 spiro atoms. The summed E-state index contributed by atoms with van der Waals surface area (Å²) in [5.41, 5.74) is 4.97. The van der Waals surface area contributed by atoms with Crippen molar-refractivity contribution < 1.29 is 23.8 Å². The lowest BCUT2D eigenvalue weighted by molar-refractivity contribution is -0.122. The van der Waals surface area contributed by atoms with Crippen molar-refractivity contribution in [1.29, 1.82) is 0 Å². The lowest BCUT2D eigenvalue weighted by atomic mass is 10.0. The van der Waals surface area contributed by atoms with Crippen molar-refractivity contribution in [1.82, 2.24) is 4.90 Å². The average molecular weight is 585 g/mol. The van der Waals surface area contributed by atoms with Gasteiger partial charge in [0.25, 0.3) is 5.91 Å². The Balaban J connectivity index is 1.65. The number of carbonyl (C=O) groups excluding carboxylic acids is 2. The zero-order chi connectivity index (χ0) is 30.1. The second-order valence-electron chi connectivity index (χ2n) is 9.53. The van der Waals surface area contributed by atoms with Crippen LogP contribution < -0.4 is 9.47 Å². The normalized spacial score (nSPS) is 14.9. The molecule has 3 aromatic rings. The number of rotatable bonds is 12. The molecule has 0 unspecified atom stereocenters. The van der Waals surface area contributed by atoms with E-state index in [1.807, 2.05) is 38.1 Å². The number of thioether (sulfide) groups is 1. The molecule has 0 radical (unpaired) electrons. The van der Waals surface area contributed by atoms with Gasteiger partial charge >= 0.3 is 5.97 Å². The molecule has 1 saturated heterocycles. The van der Waals surface area contributed by atoms with Gasteiger partial charge in [-0.1, -0.05) is 42.0 Å². The van der Waals surface area contributed by atoms with Gasteiger partial charge in [0.05, 0.1) is 29.4 Å². The molecule has 42 heavy (non-hydrogen) atoms. The van der Waals surface area contributed by atoms with E-state index < -0.39 is 5.97 Å². The van der Waals surface area contributed by atoms with Crippen LogP contribution in [0.25, 0.3) is 6.08 Å². The van der Waals surface area contributed by atoms with Crippen LogP contribution in [0, 0.1) is 6.92 Å². The van der Waals surface area contributed by atoms with Crippen LogP contribution in [0.15, 0.2) is 83.2 Å². The van der Waals surface area contributed by atoms with Crippen LogP contribution >= 0.6 is 11.8 Å². The van der Waals surface area contributed by atoms with Gasteiger partial charge in [-0.15, -0.1) is 6.58 Å². The fraction of sp³-hybridized carbons (Fsp3) is 0.265. The van der Waals surface area contributed by atoms with Gasteiger partial charge in [-0.2, -0.15) is 0 Å². The van der Waals surface area contributed by atoms with Crippen LogP contribution in [0.2, 0.25) is 0 Å². The third kappa shape index (κ3) is 7.50. The first-order valence-corrected chi connectivity index (χ1v) is 14.8. The third-order valence-electron chi connectivity index (χ3n) is 6.41. The molecule has 0 atom stereocenters. The number of allylic oxidation sites excluding steroid dienone is 1. The van der Waals surface area contributed by atoms with Crippen LogP contribution in [0.3, 0.4) is 0 Å². The third-order valence-corrected chi connectivity index (χ3v) is 7.41. The van der Waals surface area contributed by atoms with E-state index in [9.17, 15) is 9.59 Å². The first-order chi connectivity index (χ1) is 20.4. The minimum absolute atomic E-state index is 0.134. The zero-order valence-corrected chi connectivity index (χ0v) is 25.3. The summed E-state index contributed by atoms with van der Waals surface area (Å²) in [6, 6.07) is 19.0. The molecule has 0 aromatic heterocycles. The molecule has 1 aliphatic rings. The number of amidine groups is 1. The van der Waals surface area contributed by atoms with E-state index in [0.717, 1.165) is 16.7 Å². The number of aliphatic imine (C=N–C) groups is 1. The second kappa shape index (κ2) is 14.5. The van der Waals surface area contributed by atoms with Crippen molar-refractivity contribution in [3.63, 3.8) is 0 Å². The van der Waals surface area contributed by atoms with Gasteiger partial charge in [-0.25, -0.2) is 9.79 Å². The maximum atomic E-state index is 13.4. The number of amides is 1. The second-order valence-corrected chi connectivity index (χ2v) is 10.5. The molecule has 0 saturated carbocycles. The van der Waals surface area contributed by atoms with Crippen molar-refractivity contribution in [2.24, 2.45) is 4.99 Å². The molecule has 7 nitrogen and oxygen atoms in total. The highest BCUT2D eigenvalue weighted by Crippen LogP contribution is 2.38. The SMILES string of the molecule is C=CCc1cc(C=C2SC(=Nc3cccc(C(=O)OCC)c3)N(CC)C2=O)cc(OCC)c1OCc1ccc(C)cc1. The monoisotopic (exact) mass is 584 g/mol. The lowest BCUT2D eigenvalue weighted by Crippen LogP contribution is -2.28. The molecule has 8 heteroatoms. The molecule has 1 amide bonds. The molecule has 218 valence electrons. The maximum Gasteiger partial charge on any atom is 0.338 e. The van der Waals surface area contributed by atoms with E-state index in [4.69, 9.17) is 19.2 Å². The smallest absolute Gasteiger partial charge is 0.338 e. The Morgan fingerprint density at radius 1 is 1.02 bits per heavy atom. The van der Waals surface area contributed by atoms with Crippen molar-refractivity contribution in [2.45, 2.75) is 40.7 Å². The molecule has 3 aromatic carbocycles. The van der Waals surface area contributed by atoms with Crippen LogP contribution in [-0.4, -0.2) is 41.7 Å². The first-order valence-electron chi connectivity index (χ1n) is 14.0. The standard InChI is InChI=1S/C34H36N2O5S/c1-6-11-26-18-25(19-29(39-8-3)31(26)41-22-24-16-14-23(5)15-17-24)20-30-32(37)36(7-2)34(42-30)35-28-13-10-12-27(21-28)33(38)40-9-4/h6,10,12-21H,1,7-9,11,22H2,2-5H3. The molecule has 1 heterocycles. The number of esters is 1. The van der Waals surface area contributed by atoms with Crippen molar-refractivity contribution >= 4 is 40.6 Å². The van der Waals surface area contributed by atoms with Gasteiger partial charge in [-0.05, 0) is 93.4 Å². The molecule has 1 fully saturated rings. The lowest BCUT2D eigenvalue weighted by Gasteiger charge is -2.17. The quantitative estimate of drug-likeness (QED) is 0.125. The predicted octanol–water partition coefficient (Wildman–Crippen LogP) is 7.50. The average Bonchev–Trinajstić information content (AvgIpc) is 3.27. The number of carbonyl (C=O) groups is 2. The summed E-state index contributed by atoms with van der Waals surface area (Å²) < 4.78 is 17.4. The van der Waals surface area contributed by atoms with Crippen molar-refractivity contribution in [2.75, 3.05) is 19.8 Å². The van der Waals surface area contributed by atoms with Crippen LogP contribution in [0.5, 0.6) is 11.5 Å². The van der Waals surface area contributed by atoms with Crippen LogP contribution in [-0.2, 0) is 22.6 Å². The highest BCUT2D eigenvalue weighted by Gasteiger charge is 2.32. The summed E-state index contributed by atoms with van der Waals surface area (Å²) in [5.74, 6) is 0.743. The van der Waals surface area contributed by atoms with Gasteiger partial charge in [0, 0.05) is 12.1 Å². The summed E-state index contributed by atoms with van der Waals surface area (Å²) in [4.78, 5) is 32.4. The zero-order valence-electron chi connectivity index (χ0n) is 24.5. The Hall–Kier alpha value is -4.30. The van der Waals surface area contributed by atoms with E-state index in [0.29, 0.717) is 65.6 Å². The number of likely N-dealkylation sites (N-methyl/N-ethyl adjacent to an activating group) is 1. The highest BCUT2D eigenvalue weighted by atomic mass is 32.2. The van der Waals surface area contributed by atoms with Crippen LogP contribution in [0.1, 0.15) is 53.4 Å². The summed E-state index contributed by atoms with van der Waals surface area (Å²) in [6.45, 7) is 13.2. The Labute approximate surface area is 251 Å². The van der Waals surface area contributed by atoms with Crippen molar-refractivity contribution in [3.8, 4) is 11.5 Å². The number of aryl methyl sites for hydroxylation is 1. The van der Waals surface area contributed by atoms with Gasteiger partial charge < -0.3 is 14.2 Å². The van der Waals surface area contributed by atoms with E-state index in [1.54, 1.807) is 36.1 Å². The largest absolute Gasteiger partial charge is 0.490 e. The summed E-state index contributed by atoms with van der Waals surface area (Å²) in [7, 11) is 0. The Morgan fingerprint density at radius 3 is 2.50 bits per heavy atom. The van der Waals surface area contributed by atoms with Gasteiger partial charge in [-0.3, -0.25) is 9.69 Å². The van der Waals surface area contributed by atoms with Crippen molar-refractivity contribution in [3.05, 3.63) is 106 Å². The van der Waals surface area contributed by atoms with E-state index in [-0.39, 0.29) is 5.91 Å². The minimum atomic E-state index is -0.408.